The Kier molecular flexibility index (Phi) is 4.17. The average molecular weight is 260 g/mol. The molecule has 0 spiro atoms. The summed E-state index contributed by atoms with van der Waals surface area (Å²) in [6.45, 7) is 3.57. The number of benzene rings is 2. The number of ether oxygens (including phenoxy) is 1. The SMILES string of the molecule is Cc1cc(F)ccc1OC(C)C(O)c1ccccc1. The molecule has 1 N–H and O–H groups in total. The van der Waals surface area contributed by atoms with Crippen LogP contribution in [0.1, 0.15) is 24.2 Å². The van der Waals surface area contributed by atoms with Gasteiger partial charge in [0.25, 0.3) is 0 Å². The van der Waals surface area contributed by atoms with Crippen molar-refractivity contribution >= 4 is 0 Å². The van der Waals surface area contributed by atoms with E-state index in [1.807, 2.05) is 30.3 Å². The summed E-state index contributed by atoms with van der Waals surface area (Å²) in [5, 5.41) is 10.2. The predicted octanol–water partition coefficient (Wildman–Crippen LogP) is 3.64. The average Bonchev–Trinajstić information content (AvgIpc) is 2.42. The molecule has 2 atom stereocenters. The second-order valence-electron chi connectivity index (χ2n) is 4.59. The summed E-state index contributed by atoms with van der Waals surface area (Å²) < 4.78 is 18.7. The van der Waals surface area contributed by atoms with Crippen molar-refractivity contribution in [2.24, 2.45) is 0 Å². The van der Waals surface area contributed by atoms with Gasteiger partial charge in [-0.2, -0.15) is 0 Å². The van der Waals surface area contributed by atoms with Gasteiger partial charge in [-0.1, -0.05) is 30.3 Å². The summed E-state index contributed by atoms with van der Waals surface area (Å²) in [6.07, 6.45) is -1.13. The van der Waals surface area contributed by atoms with Crippen molar-refractivity contribution in [1.82, 2.24) is 0 Å². The fourth-order valence-electron chi connectivity index (χ4n) is 1.93. The quantitative estimate of drug-likeness (QED) is 0.909. The Balaban J connectivity index is 2.10. The third kappa shape index (κ3) is 3.32. The highest BCUT2D eigenvalue weighted by Crippen LogP contribution is 2.24. The monoisotopic (exact) mass is 260 g/mol. The first-order valence-corrected chi connectivity index (χ1v) is 6.24. The third-order valence-electron chi connectivity index (χ3n) is 3.04. The van der Waals surface area contributed by atoms with Crippen LogP contribution in [0, 0.1) is 12.7 Å². The van der Waals surface area contributed by atoms with Crippen LogP contribution in [0.2, 0.25) is 0 Å². The molecule has 0 saturated carbocycles. The molecule has 2 aromatic carbocycles. The van der Waals surface area contributed by atoms with E-state index >= 15 is 0 Å². The maximum atomic E-state index is 13.0. The van der Waals surface area contributed by atoms with Crippen LogP contribution in [0.15, 0.2) is 48.5 Å². The molecule has 2 rings (SSSR count). The lowest BCUT2D eigenvalue weighted by Crippen LogP contribution is -2.22. The summed E-state index contributed by atoms with van der Waals surface area (Å²) in [7, 11) is 0. The lowest BCUT2D eigenvalue weighted by molar-refractivity contribution is 0.0463. The van der Waals surface area contributed by atoms with E-state index in [9.17, 15) is 9.50 Å². The number of aryl methyl sites for hydroxylation is 1. The fraction of sp³-hybridized carbons (Fsp3) is 0.250. The molecular formula is C16H17FO2. The van der Waals surface area contributed by atoms with Crippen LogP contribution in [0.3, 0.4) is 0 Å². The van der Waals surface area contributed by atoms with Crippen molar-refractivity contribution in [2.75, 3.05) is 0 Å². The standard InChI is InChI=1S/C16H17FO2/c1-11-10-14(17)8-9-15(11)19-12(2)16(18)13-6-4-3-5-7-13/h3-10,12,16,18H,1-2H3. The summed E-state index contributed by atoms with van der Waals surface area (Å²) in [5.41, 5.74) is 1.52. The first kappa shape index (κ1) is 13.6. The minimum Gasteiger partial charge on any atom is -0.487 e. The van der Waals surface area contributed by atoms with Crippen LogP contribution in [-0.4, -0.2) is 11.2 Å². The lowest BCUT2D eigenvalue weighted by atomic mass is 10.1. The molecule has 0 heterocycles. The number of aliphatic hydroxyl groups is 1. The molecule has 0 aliphatic rings. The van der Waals surface area contributed by atoms with Crippen molar-refractivity contribution in [2.45, 2.75) is 26.1 Å². The van der Waals surface area contributed by atoms with Crippen molar-refractivity contribution in [3.8, 4) is 5.75 Å². The van der Waals surface area contributed by atoms with Gasteiger partial charge in [0.1, 0.15) is 23.8 Å². The molecule has 0 aliphatic carbocycles. The first-order valence-electron chi connectivity index (χ1n) is 6.24. The Morgan fingerprint density at radius 1 is 1.11 bits per heavy atom. The second-order valence-corrected chi connectivity index (χ2v) is 4.59. The Morgan fingerprint density at radius 3 is 2.42 bits per heavy atom. The Morgan fingerprint density at radius 2 is 1.79 bits per heavy atom. The van der Waals surface area contributed by atoms with E-state index in [4.69, 9.17) is 4.74 Å². The zero-order valence-corrected chi connectivity index (χ0v) is 11.0. The van der Waals surface area contributed by atoms with Gasteiger partial charge in [-0.05, 0) is 43.2 Å². The highest BCUT2D eigenvalue weighted by atomic mass is 19.1. The molecule has 0 aromatic heterocycles. The molecule has 0 saturated heterocycles. The van der Waals surface area contributed by atoms with Gasteiger partial charge >= 0.3 is 0 Å². The van der Waals surface area contributed by atoms with E-state index < -0.39 is 12.2 Å². The van der Waals surface area contributed by atoms with E-state index in [2.05, 4.69) is 0 Å². The Hall–Kier alpha value is -1.87. The number of hydrogen-bond donors (Lipinski definition) is 1. The summed E-state index contributed by atoms with van der Waals surface area (Å²) in [4.78, 5) is 0. The maximum Gasteiger partial charge on any atom is 0.126 e. The second kappa shape index (κ2) is 5.85. The number of halogens is 1. The largest absolute Gasteiger partial charge is 0.487 e. The van der Waals surface area contributed by atoms with Crippen molar-refractivity contribution in [1.29, 1.82) is 0 Å². The lowest BCUT2D eigenvalue weighted by Gasteiger charge is -2.21. The molecule has 100 valence electrons. The number of rotatable bonds is 4. The molecule has 0 amide bonds. The van der Waals surface area contributed by atoms with Gasteiger partial charge in [0.2, 0.25) is 0 Å². The molecule has 0 fully saturated rings. The highest BCUT2D eigenvalue weighted by Gasteiger charge is 2.18. The zero-order chi connectivity index (χ0) is 13.8. The molecule has 0 bridgehead atoms. The van der Waals surface area contributed by atoms with Crippen LogP contribution in [-0.2, 0) is 0 Å². The van der Waals surface area contributed by atoms with Crippen molar-refractivity contribution in [3.63, 3.8) is 0 Å². The van der Waals surface area contributed by atoms with E-state index in [-0.39, 0.29) is 5.82 Å². The molecule has 2 unspecified atom stereocenters. The Labute approximate surface area is 112 Å². The van der Waals surface area contributed by atoms with Crippen molar-refractivity contribution < 1.29 is 14.2 Å². The zero-order valence-electron chi connectivity index (χ0n) is 11.0. The normalized spacial score (nSPS) is 13.9. The molecule has 2 aromatic rings. The van der Waals surface area contributed by atoms with Gasteiger partial charge in [-0.15, -0.1) is 0 Å². The molecule has 0 aliphatic heterocycles. The van der Waals surface area contributed by atoms with Gasteiger partial charge in [0.05, 0.1) is 0 Å². The van der Waals surface area contributed by atoms with Gasteiger partial charge in [0.15, 0.2) is 0 Å². The van der Waals surface area contributed by atoms with Crippen LogP contribution in [0.5, 0.6) is 5.75 Å². The highest BCUT2D eigenvalue weighted by molar-refractivity contribution is 5.33. The third-order valence-corrected chi connectivity index (χ3v) is 3.04. The summed E-state index contributed by atoms with van der Waals surface area (Å²) in [5.74, 6) is 0.296. The number of aliphatic hydroxyl groups excluding tert-OH is 1. The van der Waals surface area contributed by atoms with Gasteiger partial charge in [-0.25, -0.2) is 4.39 Å². The van der Waals surface area contributed by atoms with Gasteiger partial charge in [0, 0.05) is 0 Å². The minimum atomic E-state index is -0.717. The molecule has 2 nitrogen and oxygen atoms in total. The topological polar surface area (TPSA) is 29.5 Å². The van der Waals surface area contributed by atoms with Crippen molar-refractivity contribution in [3.05, 3.63) is 65.5 Å². The smallest absolute Gasteiger partial charge is 0.126 e. The first-order chi connectivity index (χ1) is 9.08. The Bertz CT molecular complexity index is 540. The fourth-order valence-corrected chi connectivity index (χ4v) is 1.93. The predicted molar refractivity (Wildman–Crippen MR) is 72.6 cm³/mol. The molecule has 3 heteroatoms. The van der Waals surface area contributed by atoms with E-state index in [1.54, 1.807) is 19.9 Å². The van der Waals surface area contributed by atoms with Crippen LogP contribution < -0.4 is 4.74 Å². The van der Waals surface area contributed by atoms with Crippen LogP contribution in [0.25, 0.3) is 0 Å². The van der Waals surface area contributed by atoms with Crippen LogP contribution in [0.4, 0.5) is 4.39 Å². The maximum absolute atomic E-state index is 13.0. The molecular weight excluding hydrogens is 243 g/mol. The molecule has 19 heavy (non-hydrogen) atoms. The summed E-state index contributed by atoms with van der Waals surface area (Å²) >= 11 is 0. The van der Waals surface area contributed by atoms with Gasteiger partial charge < -0.3 is 9.84 Å². The molecule has 0 radical (unpaired) electrons. The van der Waals surface area contributed by atoms with Gasteiger partial charge in [-0.3, -0.25) is 0 Å². The van der Waals surface area contributed by atoms with Crippen LogP contribution >= 0.6 is 0 Å². The summed E-state index contributed by atoms with van der Waals surface area (Å²) in [6, 6.07) is 13.7. The van der Waals surface area contributed by atoms with E-state index in [0.29, 0.717) is 11.3 Å². The number of hydrogen-bond acceptors (Lipinski definition) is 2. The minimum absolute atomic E-state index is 0.291. The van der Waals surface area contributed by atoms with E-state index in [1.165, 1.54) is 12.1 Å². The van der Waals surface area contributed by atoms with E-state index in [0.717, 1.165) is 5.56 Å².